The second kappa shape index (κ2) is 6.47. The number of hydrogen-bond donors (Lipinski definition) is 3. The number of nitrogens with one attached hydrogen (secondary N) is 1. The standard InChI is InChI=1S/C14H15N3O3S/c1-8-12(14(19)20)21-10(17-8)7-16-13(18)11(15)9-5-3-2-4-6-9/h2-6,11H,7,15H2,1H3,(H,16,18)(H,19,20)/t11-/m0/s1. The van der Waals surface area contributed by atoms with Gasteiger partial charge in [0.1, 0.15) is 15.9 Å². The van der Waals surface area contributed by atoms with Crippen molar-refractivity contribution in [3.05, 3.63) is 51.5 Å². The van der Waals surface area contributed by atoms with E-state index >= 15 is 0 Å². The number of carboxylic acids is 1. The lowest BCUT2D eigenvalue weighted by molar-refractivity contribution is -0.122. The van der Waals surface area contributed by atoms with Gasteiger partial charge in [-0.1, -0.05) is 30.3 Å². The highest BCUT2D eigenvalue weighted by molar-refractivity contribution is 7.13. The van der Waals surface area contributed by atoms with Gasteiger partial charge in [0.15, 0.2) is 0 Å². The van der Waals surface area contributed by atoms with Gasteiger partial charge in [-0.05, 0) is 12.5 Å². The summed E-state index contributed by atoms with van der Waals surface area (Å²) in [5.74, 6) is -1.34. The fourth-order valence-electron chi connectivity index (χ4n) is 1.81. The van der Waals surface area contributed by atoms with Crippen LogP contribution in [0.3, 0.4) is 0 Å². The molecule has 1 atom stereocenters. The van der Waals surface area contributed by atoms with Crippen molar-refractivity contribution < 1.29 is 14.7 Å². The van der Waals surface area contributed by atoms with Crippen molar-refractivity contribution in [1.29, 1.82) is 0 Å². The number of rotatable bonds is 5. The average molecular weight is 305 g/mol. The number of nitrogens with zero attached hydrogens (tertiary/aromatic N) is 1. The summed E-state index contributed by atoms with van der Waals surface area (Å²) in [6, 6.07) is 8.27. The van der Waals surface area contributed by atoms with E-state index in [-0.39, 0.29) is 17.3 Å². The first-order valence-corrected chi connectivity index (χ1v) is 7.08. The maximum absolute atomic E-state index is 12.0. The molecule has 1 heterocycles. The highest BCUT2D eigenvalue weighted by Gasteiger charge is 2.17. The molecule has 0 aliphatic rings. The predicted octanol–water partition coefficient (Wildman–Crippen LogP) is 1.47. The van der Waals surface area contributed by atoms with Crippen LogP contribution in [0.15, 0.2) is 30.3 Å². The van der Waals surface area contributed by atoms with E-state index in [2.05, 4.69) is 10.3 Å². The molecule has 0 unspecified atom stereocenters. The monoisotopic (exact) mass is 305 g/mol. The van der Waals surface area contributed by atoms with Gasteiger partial charge in [0.2, 0.25) is 5.91 Å². The van der Waals surface area contributed by atoms with Crippen LogP contribution in [0.25, 0.3) is 0 Å². The van der Waals surface area contributed by atoms with Crippen LogP contribution < -0.4 is 11.1 Å². The van der Waals surface area contributed by atoms with Gasteiger partial charge in [0, 0.05) is 0 Å². The van der Waals surface area contributed by atoms with Crippen LogP contribution in [0.5, 0.6) is 0 Å². The molecule has 0 spiro atoms. The van der Waals surface area contributed by atoms with E-state index in [4.69, 9.17) is 10.8 Å². The minimum Gasteiger partial charge on any atom is -0.477 e. The van der Waals surface area contributed by atoms with Gasteiger partial charge < -0.3 is 16.2 Å². The van der Waals surface area contributed by atoms with Crippen LogP contribution in [0.1, 0.15) is 32.0 Å². The van der Waals surface area contributed by atoms with E-state index in [0.717, 1.165) is 16.9 Å². The first-order valence-electron chi connectivity index (χ1n) is 6.27. The van der Waals surface area contributed by atoms with E-state index in [1.165, 1.54) is 0 Å². The fraction of sp³-hybridized carbons (Fsp3) is 0.214. The maximum atomic E-state index is 12.0. The Balaban J connectivity index is 1.98. The van der Waals surface area contributed by atoms with Crippen LogP contribution in [0.4, 0.5) is 0 Å². The third-order valence-corrected chi connectivity index (χ3v) is 4.04. The Hall–Kier alpha value is -2.25. The van der Waals surface area contributed by atoms with Crippen LogP contribution in [0, 0.1) is 6.92 Å². The molecule has 0 saturated carbocycles. The molecule has 0 saturated heterocycles. The van der Waals surface area contributed by atoms with E-state index in [9.17, 15) is 9.59 Å². The maximum Gasteiger partial charge on any atom is 0.347 e. The predicted molar refractivity (Wildman–Crippen MR) is 79.0 cm³/mol. The molecular formula is C14H15N3O3S. The molecule has 4 N–H and O–H groups in total. The second-order valence-corrected chi connectivity index (χ2v) is 5.52. The number of amides is 1. The van der Waals surface area contributed by atoms with Gasteiger partial charge in [-0.25, -0.2) is 9.78 Å². The third-order valence-electron chi connectivity index (χ3n) is 2.89. The molecule has 2 rings (SSSR count). The smallest absolute Gasteiger partial charge is 0.347 e. The second-order valence-electron chi connectivity index (χ2n) is 4.43. The van der Waals surface area contributed by atoms with Crippen molar-refractivity contribution >= 4 is 23.2 Å². The molecule has 0 bridgehead atoms. The van der Waals surface area contributed by atoms with Crippen molar-refractivity contribution in [3.63, 3.8) is 0 Å². The lowest BCUT2D eigenvalue weighted by atomic mass is 10.1. The lowest BCUT2D eigenvalue weighted by Gasteiger charge is -2.11. The summed E-state index contributed by atoms with van der Waals surface area (Å²) < 4.78 is 0. The van der Waals surface area contributed by atoms with Crippen LogP contribution in [-0.4, -0.2) is 22.0 Å². The number of benzene rings is 1. The van der Waals surface area contributed by atoms with Crippen LogP contribution >= 0.6 is 11.3 Å². The van der Waals surface area contributed by atoms with Crippen molar-refractivity contribution in [2.45, 2.75) is 19.5 Å². The molecule has 21 heavy (non-hydrogen) atoms. The number of aromatic nitrogens is 1. The first-order chi connectivity index (χ1) is 9.99. The van der Waals surface area contributed by atoms with Crippen molar-refractivity contribution in [1.82, 2.24) is 10.3 Å². The average Bonchev–Trinajstić information content (AvgIpc) is 2.86. The Morgan fingerprint density at radius 3 is 2.62 bits per heavy atom. The van der Waals surface area contributed by atoms with Gasteiger partial charge in [-0.2, -0.15) is 0 Å². The molecule has 0 radical (unpaired) electrons. The van der Waals surface area contributed by atoms with Crippen molar-refractivity contribution in [2.24, 2.45) is 5.73 Å². The number of thiazole rings is 1. The number of hydrogen-bond acceptors (Lipinski definition) is 5. The van der Waals surface area contributed by atoms with Crippen molar-refractivity contribution in [3.8, 4) is 0 Å². The van der Waals surface area contributed by atoms with E-state index in [1.807, 2.05) is 18.2 Å². The molecule has 2 aromatic rings. The fourth-order valence-corrected chi connectivity index (χ4v) is 2.65. The molecule has 6 nitrogen and oxygen atoms in total. The number of nitrogens with two attached hydrogens (primary N) is 1. The molecule has 110 valence electrons. The molecule has 1 aromatic heterocycles. The molecule has 0 fully saturated rings. The van der Waals surface area contributed by atoms with E-state index < -0.39 is 12.0 Å². The van der Waals surface area contributed by atoms with Crippen molar-refractivity contribution in [2.75, 3.05) is 0 Å². The van der Waals surface area contributed by atoms with Crippen LogP contribution in [0.2, 0.25) is 0 Å². The zero-order valence-electron chi connectivity index (χ0n) is 11.4. The minimum atomic E-state index is -1.01. The summed E-state index contributed by atoms with van der Waals surface area (Å²) in [5.41, 5.74) is 7.03. The summed E-state index contributed by atoms with van der Waals surface area (Å²) in [7, 11) is 0. The summed E-state index contributed by atoms with van der Waals surface area (Å²) in [6.45, 7) is 1.79. The number of carboxylic acid groups (broad SMARTS) is 1. The highest BCUT2D eigenvalue weighted by Crippen LogP contribution is 2.18. The highest BCUT2D eigenvalue weighted by atomic mass is 32.1. The quantitative estimate of drug-likeness (QED) is 0.775. The van der Waals surface area contributed by atoms with E-state index in [1.54, 1.807) is 19.1 Å². The topological polar surface area (TPSA) is 105 Å². The van der Waals surface area contributed by atoms with Crippen LogP contribution in [-0.2, 0) is 11.3 Å². The Morgan fingerprint density at radius 1 is 1.38 bits per heavy atom. The summed E-state index contributed by atoms with van der Waals surface area (Å²) >= 11 is 1.05. The zero-order valence-corrected chi connectivity index (χ0v) is 12.2. The molecule has 1 amide bonds. The summed E-state index contributed by atoms with van der Waals surface area (Å²) in [6.07, 6.45) is 0. The molecule has 0 aliphatic carbocycles. The Bertz CT molecular complexity index is 655. The normalized spacial score (nSPS) is 11.9. The number of aromatic carboxylic acids is 1. The third kappa shape index (κ3) is 3.65. The summed E-state index contributed by atoms with van der Waals surface area (Å²) in [4.78, 5) is 27.2. The lowest BCUT2D eigenvalue weighted by Crippen LogP contribution is -2.33. The van der Waals surface area contributed by atoms with Gasteiger partial charge in [0.05, 0.1) is 12.2 Å². The van der Waals surface area contributed by atoms with Gasteiger partial charge in [-0.3, -0.25) is 4.79 Å². The largest absolute Gasteiger partial charge is 0.477 e. The Labute approximate surface area is 125 Å². The summed E-state index contributed by atoms with van der Waals surface area (Å²) in [5, 5.41) is 12.2. The Morgan fingerprint density at radius 2 is 2.05 bits per heavy atom. The van der Waals surface area contributed by atoms with Gasteiger partial charge in [-0.15, -0.1) is 11.3 Å². The minimum absolute atomic E-state index is 0.165. The Kier molecular flexibility index (Phi) is 4.66. The zero-order chi connectivity index (χ0) is 15.4. The van der Waals surface area contributed by atoms with Gasteiger partial charge >= 0.3 is 5.97 Å². The SMILES string of the molecule is Cc1nc(CNC(=O)[C@@H](N)c2ccccc2)sc1C(=O)O. The molecular weight excluding hydrogens is 290 g/mol. The van der Waals surface area contributed by atoms with Gasteiger partial charge in [0.25, 0.3) is 0 Å². The molecule has 0 aliphatic heterocycles. The molecule has 1 aromatic carbocycles. The number of aryl methyl sites for hydroxylation is 1. The first kappa shape index (κ1) is 15.1. The van der Waals surface area contributed by atoms with E-state index in [0.29, 0.717) is 10.7 Å². The molecule has 7 heteroatoms. The number of carbonyl (C=O) groups excluding carboxylic acids is 1. The number of carbonyl (C=O) groups is 2.